The fourth-order valence-corrected chi connectivity index (χ4v) is 5.17. The molecule has 0 aromatic heterocycles. The summed E-state index contributed by atoms with van der Waals surface area (Å²) in [6.45, 7) is 2.69. The zero-order valence-electron chi connectivity index (χ0n) is 21.5. The number of anilines is 3. The lowest BCUT2D eigenvalue weighted by Gasteiger charge is -2.25. The fourth-order valence-electron chi connectivity index (χ4n) is 5.17. The van der Waals surface area contributed by atoms with Crippen LogP contribution in [0.3, 0.4) is 0 Å². The van der Waals surface area contributed by atoms with Gasteiger partial charge in [0.2, 0.25) is 0 Å². The Hall–Kier alpha value is -4.80. The molecule has 4 nitrogen and oxygen atoms in total. The summed E-state index contributed by atoms with van der Waals surface area (Å²) in [6, 6.07) is 33.2. The Morgan fingerprint density at radius 3 is 2.05 bits per heavy atom. The van der Waals surface area contributed by atoms with Crippen molar-refractivity contribution in [1.29, 1.82) is 10.5 Å². The largest absolute Gasteiger partial charge is 0.489 e. The number of rotatable bonds is 5. The molecule has 4 heteroatoms. The van der Waals surface area contributed by atoms with Crippen molar-refractivity contribution in [2.75, 3.05) is 11.5 Å². The minimum Gasteiger partial charge on any atom is -0.489 e. The molecule has 2 aliphatic rings. The molecular weight excluding hydrogens is 466 g/mol. The van der Waals surface area contributed by atoms with Gasteiger partial charge in [-0.1, -0.05) is 61.5 Å². The van der Waals surface area contributed by atoms with Crippen molar-refractivity contribution in [1.82, 2.24) is 0 Å². The van der Waals surface area contributed by atoms with Crippen LogP contribution < -0.4 is 4.90 Å². The average molecular weight is 496 g/mol. The van der Waals surface area contributed by atoms with Gasteiger partial charge < -0.3 is 9.64 Å². The van der Waals surface area contributed by atoms with Gasteiger partial charge in [0.05, 0.1) is 0 Å². The molecule has 0 saturated heterocycles. The van der Waals surface area contributed by atoms with E-state index in [1.807, 2.05) is 54.6 Å². The van der Waals surface area contributed by atoms with Crippen LogP contribution in [0, 0.1) is 28.6 Å². The van der Waals surface area contributed by atoms with Crippen molar-refractivity contribution >= 4 is 23.1 Å². The van der Waals surface area contributed by atoms with Crippen molar-refractivity contribution in [2.24, 2.45) is 5.92 Å². The summed E-state index contributed by atoms with van der Waals surface area (Å²) in [4.78, 5) is 2.23. The lowest BCUT2D eigenvalue weighted by molar-refractivity contribution is 0.241. The van der Waals surface area contributed by atoms with Gasteiger partial charge in [-0.25, -0.2) is 0 Å². The molecule has 1 atom stereocenters. The Bertz CT molecular complexity index is 1440. The van der Waals surface area contributed by atoms with Crippen LogP contribution in [0.4, 0.5) is 17.1 Å². The van der Waals surface area contributed by atoms with E-state index in [0.29, 0.717) is 23.9 Å². The van der Waals surface area contributed by atoms with E-state index in [-0.39, 0.29) is 5.57 Å². The van der Waals surface area contributed by atoms with Crippen LogP contribution in [0.2, 0.25) is 0 Å². The highest BCUT2D eigenvalue weighted by atomic mass is 16.5. The van der Waals surface area contributed by atoms with Crippen LogP contribution in [0.1, 0.15) is 31.7 Å². The van der Waals surface area contributed by atoms with Gasteiger partial charge in [-0.3, -0.25) is 0 Å². The molecule has 0 radical (unpaired) electrons. The van der Waals surface area contributed by atoms with Gasteiger partial charge in [0.25, 0.3) is 0 Å². The van der Waals surface area contributed by atoms with Crippen LogP contribution in [0.25, 0.3) is 6.08 Å². The molecule has 5 rings (SSSR count). The van der Waals surface area contributed by atoms with Gasteiger partial charge in [-0.15, -0.1) is 0 Å². The summed E-state index contributed by atoms with van der Waals surface area (Å²) in [6.07, 6.45) is 8.83. The fraction of sp³-hybridized carbons (Fsp3) is 0.176. The smallest absolute Gasteiger partial charge is 0.137 e. The highest BCUT2D eigenvalue weighted by Crippen LogP contribution is 2.38. The van der Waals surface area contributed by atoms with E-state index >= 15 is 0 Å². The lowest BCUT2D eigenvalue weighted by atomic mass is 9.80. The quantitative estimate of drug-likeness (QED) is 0.333. The summed E-state index contributed by atoms with van der Waals surface area (Å²) < 4.78 is 6.17. The lowest BCUT2D eigenvalue weighted by Crippen LogP contribution is -2.13. The zero-order valence-corrected chi connectivity index (χ0v) is 21.5. The molecule has 0 bridgehead atoms. The maximum atomic E-state index is 9.61. The van der Waals surface area contributed by atoms with E-state index < -0.39 is 0 Å². The number of nitrogens with zero attached hydrogens (tertiary/aromatic N) is 3. The van der Waals surface area contributed by atoms with Crippen LogP contribution in [-0.2, 0) is 4.74 Å². The van der Waals surface area contributed by atoms with Gasteiger partial charge >= 0.3 is 0 Å². The third-order valence-electron chi connectivity index (χ3n) is 7.17. The van der Waals surface area contributed by atoms with Gasteiger partial charge in [-0.2, -0.15) is 10.5 Å². The molecule has 0 fully saturated rings. The Kier molecular flexibility index (Phi) is 7.53. The Morgan fingerprint density at radius 2 is 1.45 bits per heavy atom. The van der Waals surface area contributed by atoms with Gasteiger partial charge in [0.1, 0.15) is 30.1 Å². The van der Waals surface area contributed by atoms with Crippen molar-refractivity contribution in [3.8, 4) is 12.1 Å². The first-order valence-corrected chi connectivity index (χ1v) is 13.0. The average Bonchev–Trinajstić information content (AvgIpc) is 3.15. The van der Waals surface area contributed by atoms with Gasteiger partial charge in [-0.05, 0) is 90.4 Å². The number of hydrogen-bond acceptors (Lipinski definition) is 4. The van der Waals surface area contributed by atoms with E-state index in [0.717, 1.165) is 47.5 Å². The summed E-state index contributed by atoms with van der Waals surface area (Å²) >= 11 is 0. The minimum atomic E-state index is 0.147. The number of nitriles is 2. The second-order valence-electron chi connectivity index (χ2n) is 9.58. The maximum absolute atomic E-state index is 9.61. The van der Waals surface area contributed by atoms with Crippen LogP contribution >= 0.6 is 0 Å². The van der Waals surface area contributed by atoms with E-state index in [2.05, 4.69) is 72.5 Å². The summed E-state index contributed by atoms with van der Waals surface area (Å²) in [5.41, 5.74) is 7.45. The third-order valence-corrected chi connectivity index (χ3v) is 7.17. The highest BCUT2D eigenvalue weighted by Gasteiger charge is 2.26. The summed E-state index contributed by atoms with van der Waals surface area (Å²) in [7, 11) is 0. The minimum absolute atomic E-state index is 0.147. The molecule has 1 unspecified atom stereocenters. The first kappa shape index (κ1) is 24.9. The highest BCUT2D eigenvalue weighted by molar-refractivity contribution is 5.77. The van der Waals surface area contributed by atoms with E-state index in [1.54, 1.807) is 0 Å². The molecule has 1 aliphatic carbocycles. The van der Waals surface area contributed by atoms with Crippen molar-refractivity contribution in [2.45, 2.75) is 26.2 Å². The topological polar surface area (TPSA) is 60.0 Å². The molecule has 0 spiro atoms. The molecule has 38 heavy (non-hydrogen) atoms. The molecule has 0 amide bonds. The van der Waals surface area contributed by atoms with Crippen LogP contribution in [-0.4, -0.2) is 6.61 Å². The van der Waals surface area contributed by atoms with Crippen molar-refractivity contribution in [3.05, 3.63) is 131 Å². The standard InChI is InChI=1S/C34H29N3O/c1-25-9-8-14-32-33(27(22-35)23-36)21-31(38-24-34(25)32)20-17-26-15-18-30(19-16-26)37(28-10-4-2-5-11-28)29-12-6-3-7-13-29/h2-7,10-13,15-21,25H,8-9,14,24H2,1H3/b20-17+. The second-order valence-corrected chi connectivity index (χ2v) is 9.58. The Balaban J connectivity index is 1.43. The first-order chi connectivity index (χ1) is 18.7. The molecule has 186 valence electrons. The predicted molar refractivity (Wildman–Crippen MR) is 152 cm³/mol. The molecule has 0 saturated carbocycles. The van der Waals surface area contributed by atoms with Crippen LogP contribution in [0.15, 0.2) is 125 Å². The first-order valence-electron chi connectivity index (χ1n) is 13.0. The SMILES string of the molecule is CC1CCCC2=C1COC(/C=C/c1ccc(N(c3ccccc3)c3ccccc3)cc1)=CC2=C(C#N)C#N. The van der Waals surface area contributed by atoms with Crippen molar-refractivity contribution < 1.29 is 4.74 Å². The number of para-hydroxylation sites is 2. The Labute approximate surface area is 224 Å². The monoisotopic (exact) mass is 495 g/mol. The van der Waals surface area contributed by atoms with E-state index in [9.17, 15) is 10.5 Å². The second kappa shape index (κ2) is 11.5. The summed E-state index contributed by atoms with van der Waals surface area (Å²) in [5.74, 6) is 1.04. The Morgan fingerprint density at radius 1 is 0.842 bits per heavy atom. The zero-order chi connectivity index (χ0) is 26.3. The number of benzene rings is 3. The van der Waals surface area contributed by atoms with Crippen LogP contribution in [0.5, 0.6) is 0 Å². The van der Waals surface area contributed by atoms with E-state index in [4.69, 9.17) is 4.74 Å². The molecule has 1 aliphatic heterocycles. The number of ether oxygens (including phenoxy) is 1. The van der Waals surface area contributed by atoms with Gasteiger partial charge in [0, 0.05) is 22.6 Å². The van der Waals surface area contributed by atoms with E-state index in [1.165, 1.54) is 5.57 Å². The molecule has 3 aromatic rings. The normalized spacial score (nSPS) is 17.0. The summed E-state index contributed by atoms with van der Waals surface area (Å²) in [5, 5.41) is 19.2. The predicted octanol–water partition coefficient (Wildman–Crippen LogP) is 8.54. The maximum Gasteiger partial charge on any atom is 0.137 e. The molecule has 0 N–H and O–H groups in total. The molecule has 1 heterocycles. The molecular formula is C34H29N3O. The number of hydrogen-bond donors (Lipinski definition) is 0. The van der Waals surface area contributed by atoms with Gasteiger partial charge in [0.15, 0.2) is 0 Å². The van der Waals surface area contributed by atoms with Crippen molar-refractivity contribution in [3.63, 3.8) is 0 Å². The third kappa shape index (κ3) is 5.31. The molecule has 3 aromatic carbocycles. The number of allylic oxidation sites excluding steroid dienone is 5.